The molecule has 0 aliphatic heterocycles. The maximum atomic E-state index is 12.9. The molecule has 1 heterocycles. The summed E-state index contributed by atoms with van der Waals surface area (Å²) in [7, 11) is 3.84. The van der Waals surface area contributed by atoms with Gasteiger partial charge >= 0.3 is 6.18 Å². The van der Waals surface area contributed by atoms with Gasteiger partial charge in [0.05, 0.1) is 0 Å². The van der Waals surface area contributed by atoms with Gasteiger partial charge in [-0.2, -0.15) is 13.2 Å². The van der Waals surface area contributed by atoms with E-state index in [0.717, 1.165) is 12.5 Å². The van der Waals surface area contributed by atoms with Crippen molar-refractivity contribution in [2.45, 2.75) is 19.6 Å². The van der Waals surface area contributed by atoms with Crippen molar-refractivity contribution >= 4 is 0 Å². The van der Waals surface area contributed by atoms with Gasteiger partial charge < -0.3 is 9.88 Å². The van der Waals surface area contributed by atoms with Crippen LogP contribution in [0, 0.1) is 6.92 Å². The second kappa shape index (κ2) is 5.92. The van der Waals surface area contributed by atoms with E-state index in [4.69, 9.17) is 0 Å². The molecule has 2 aromatic rings. The van der Waals surface area contributed by atoms with Gasteiger partial charge in [-0.15, -0.1) is 0 Å². The van der Waals surface area contributed by atoms with Crippen molar-refractivity contribution < 1.29 is 13.2 Å². The predicted molar refractivity (Wildman–Crippen MR) is 77.4 cm³/mol. The van der Waals surface area contributed by atoms with Crippen molar-refractivity contribution in [1.82, 2.24) is 14.9 Å². The normalized spacial score (nSPS) is 12.0. The summed E-state index contributed by atoms with van der Waals surface area (Å²) in [5.74, 6) is -0.0840. The summed E-state index contributed by atoms with van der Waals surface area (Å²) in [5.41, 5.74) is -0.914. The van der Waals surface area contributed by atoms with Crippen LogP contribution in [0.15, 0.2) is 29.1 Å². The van der Waals surface area contributed by atoms with Crippen molar-refractivity contribution in [3.8, 4) is 11.4 Å². The van der Waals surface area contributed by atoms with Crippen LogP contribution in [-0.2, 0) is 12.7 Å². The topological polar surface area (TPSA) is 49.0 Å². The second-order valence-corrected chi connectivity index (χ2v) is 5.32. The summed E-state index contributed by atoms with van der Waals surface area (Å²) in [6.45, 7) is 1.82. The molecule has 0 saturated carbocycles. The van der Waals surface area contributed by atoms with E-state index in [1.165, 1.54) is 0 Å². The zero-order valence-electron chi connectivity index (χ0n) is 12.5. The molecule has 0 atom stereocenters. The zero-order chi connectivity index (χ0) is 16.5. The number of halogens is 3. The lowest BCUT2D eigenvalue weighted by Gasteiger charge is -2.12. The highest BCUT2D eigenvalue weighted by atomic mass is 19.4. The lowest BCUT2D eigenvalue weighted by atomic mass is 10.1. The Kier molecular flexibility index (Phi) is 4.37. The van der Waals surface area contributed by atoms with Gasteiger partial charge in [-0.25, -0.2) is 4.98 Å². The molecule has 0 amide bonds. The van der Waals surface area contributed by atoms with Gasteiger partial charge in [0.25, 0.3) is 5.56 Å². The van der Waals surface area contributed by atoms with E-state index in [0.29, 0.717) is 12.1 Å². The van der Waals surface area contributed by atoms with E-state index >= 15 is 0 Å². The average molecular weight is 311 g/mol. The number of alkyl halides is 3. The van der Waals surface area contributed by atoms with Gasteiger partial charge in [-0.1, -0.05) is 24.3 Å². The average Bonchev–Trinajstić information content (AvgIpc) is 2.40. The van der Waals surface area contributed by atoms with Gasteiger partial charge in [0.15, 0.2) is 5.69 Å². The molecular formula is C15H16F3N3O. The molecule has 0 radical (unpaired) electrons. The molecule has 1 aromatic carbocycles. The first-order valence-electron chi connectivity index (χ1n) is 6.60. The van der Waals surface area contributed by atoms with E-state index < -0.39 is 23.0 Å². The highest BCUT2D eigenvalue weighted by Crippen LogP contribution is 2.30. The number of aromatic nitrogens is 2. The highest BCUT2D eigenvalue weighted by molar-refractivity contribution is 5.55. The Bertz CT molecular complexity index is 718. The Hall–Kier alpha value is -2.15. The molecule has 22 heavy (non-hydrogen) atoms. The molecular weight excluding hydrogens is 295 g/mol. The summed E-state index contributed by atoms with van der Waals surface area (Å²) in [5, 5.41) is 0. The fraction of sp³-hybridized carbons (Fsp3) is 0.333. The van der Waals surface area contributed by atoms with Crippen molar-refractivity contribution in [3.63, 3.8) is 0 Å². The molecule has 1 aromatic heterocycles. The summed E-state index contributed by atoms with van der Waals surface area (Å²) in [4.78, 5) is 19.6. The lowest BCUT2D eigenvalue weighted by molar-refractivity contribution is -0.141. The molecule has 4 nitrogen and oxygen atoms in total. The van der Waals surface area contributed by atoms with Gasteiger partial charge in [0.2, 0.25) is 0 Å². The Labute approximate surface area is 125 Å². The van der Waals surface area contributed by atoms with Crippen molar-refractivity contribution in [3.05, 3.63) is 51.4 Å². The van der Waals surface area contributed by atoms with Crippen LogP contribution in [0.5, 0.6) is 0 Å². The van der Waals surface area contributed by atoms with E-state index in [1.54, 1.807) is 24.3 Å². The van der Waals surface area contributed by atoms with Crippen LogP contribution in [0.1, 0.15) is 16.8 Å². The number of rotatable bonds is 3. The van der Waals surface area contributed by atoms with Gasteiger partial charge in [0.1, 0.15) is 5.82 Å². The van der Waals surface area contributed by atoms with Crippen molar-refractivity contribution in [2.75, 3.05) is 14.1 Å². The zero-order valence-corrected chi connectivity index (χ0v) is 12.5. The third-order valence-electron chi connectivity index (χ3n) is 3.15. The fourth-order valence-electron chi connectivity index (χ4n) is 2.08. The standard InChI is InChI=1S/C15H16F3N3O/c1-9-12(15(16,17)18)19-13(20-14(9)22)11-6-4-10(5-7-11)8-21(2)3/h4-7H,8H2,1-3H3,(H,19,20,22). The minimum atomic E-state index is -4.65. The summed E-state index contributed by atoms with van der Waals surface area (Å²) >= 11 is 0. The SMILES string of the molecule is Cc1c(C(F)(F)F)nc(-c2ccc(CN(C)C)cc2)[nH]c1=O. The molecule has 118 valence electrons. The molecule has 0 aliphatic carbocycles. The van der Waals surface area contributed by atoms with Crippen molar-refractivity contribution in [2.24, 2.45) is 0 Å². The highest BCUT2D eigenvalue weighted by Gasteiger charge is 2.36. The summed E-state index contributed by atoms with van der Waals surface area (Å²) < 4.78 is 38.7. The number of nitrogens with one attached hydrogen (secondary N) is 1. The molecule has 2 rings (SSSR count). The van der Waals surface area contributed by atoms with Crippen LogP contribution in [0.4, 0.5) is 13.2 Å². The van der Waals surface area contributed by atoms with E-state index in [9.17, 15) is 18.0 Å². The number of hydrogen-bond donors (Lipinski definition) is 1. The van der Waals surface area contributed by atoms with Crippen LogP contribution >= 0.6 is 0 Å². The molecule has 0 bridgehead atoms. The minimum Gasteiger partial charge on any atom is -0.306 e. The number of H-pyrrole nitrogens is 1. The third kappa shape index (κ3) is 3.54. The van der Waals surface area contributed by atoms with E-state index in [-0.39, 0.29) is 5.82 Å². The van der Waals surface area contributed by atoms with Crippen LogP contribution in [-0.4, -0.2) is 29.0 Å². The maximum absolute atomic E-state index is 12.9. The fourth-order valence-corrected chi connectivity index (χ4v) is 2.08. The Morgan fingerprint density at radius 1 is 1.18 bits per heavy atom. The first kappa shape index (κ1) is 16.2. The molecule has 0 fully saturated rings. The smallest absolute Gasteiger partial charge is 0.306 e. The summed E-state index contributed by atoms with van der Waals surface area (Å²) in [6.07, 6.45) is -4.65. The monoisotopic (exact) mass is 311 g/mol. The van der Waals surface area contributed by atoms with E-state index in [2.05, 4.69) is 9.97 Å². The van der Waals surface area contributed by atoms with Crippen LogP contribution in [0.25, 0.3) is 11.4 Å². The van der Waals surface area contributed by atoms with Crippen LogP contribution < -0.4 is 5.56 Å². The van der Waals surface area contributed by atoms with Gasteiger partial charge in [-0.3, -0.25) is 4.79 Å². The van der Waals surface area contributed by atoms with Crippen LogP contribution in [0.3, 0.4) is 0 Å². The largest absolute Gasteiger partial charge is 0.433 e. The minimum absolute atomic E-state index is 0.0840. The molecule has 0 aliphatic rings. The second-order valence-electron chi connectivity index (χ2n) is 5.32. The Balaban J connectivity index is 2.45. The third-order valence-corrected chi connectivity index (χ3v) is 3.15. The maximum Gasteiger partial charge on any atom is 0.433 e. The Morgan fingerprint density at radius 2 is 1.77 bits per heavy atom. The van der Waals surface area contributed by atoms with Crippen molar-refractivity contribution in [1.29, 1.82) is 0 Å². The predicted octanol–water partition coefficient (Wildman–Crippen LogP) is 2.83. The lowest BCUT2D eigenvalue weighted by Crippen LogP contribution is -2.21. The first-order valence-corrected chi connectivity index (χ1v) is 6.60. The molecule has 0 unspecified atom stereocenters. The molecule has 1 N–H and O–H groups in total. The van der Waals surface area contributed by atoms with Gasteiger partial charge in [-0.05, 0) is 26.6 Å². The summed E-state index contributed by atoms with van der Waals surface area (Å²) in [6, 6.07) is 6.88. The number of hydrogen-bond acceptors (Lipinski definition) is 3. The van der Waals surface area contributed by atoms with E-state index in [1.807, 2.05) is 19.0 Å². The molecule has 0 spiro atoms. The number of aromatic amines is 1. The Morgan fingerprint density at radius 3 is 2.27 bits per heavy atom. The number of benzene rings is 1. The number of nitrogens with zero attached hydrogens (tertiary/aromatic N) is 2. The molecule has 0 saturated heterocycles. The first-order chi connectivity index (χ1) is 10.2. The molecule has 7 heteroatoms. The van der Waals surface area contributed by atoms with Crippen LogP contribution in [0.2, 0.25) is 0 Å². The quantitative estimate of drug-likeness (QED) is 0.948. The van der Waals surface area contributed by atoms with Gasteiger partial charge in [0, 0.05) is 17.7 Å².